The number of ether oxygens (including phenoxy) is 2. The van der Waals surface area contributed by atoms with Crippen molar-refractivity contribution in [2.24, 2.45) is 4.99 Å². The molecule has 0 aromatic heterocycles. The molecule has 0 unspecified atom stereocenters. The third kappa shape index (κ3) is 5.71. The summed E-state index contributed by atoms with van der Waals surface area (Å²) in [5.74, 6) is 0.971. The van der Waals surface area contributed by atoms with Crippen molar-refractivity contribution in [1.82, 2.24) is 5.32 Å². The molecule has 1 saturated heterocycles. The number of aliphatic imine (C=N–C) groups is 1. The summed E-state index contributed by atoms with van der Waals surface area (Å²) in [5.41, 5.74) is 3.55. The standard InChI is InChI=1S/C25H20Cl2N2O3S/c1-15-5-3-6-17(11-15)14-32-20-10-9-16(12-21(20)31-2)13-22-24(30)29-25(33-22)28-19-8-4-7-18(26)23(19)27/h3-13H,14H2,1-2H3,(H,28,29,30)/b22-13-. The van der Waals surface area contributed by atoms with Crippen LogP contribution in [0.2, 0.25) is 10.0 Å². The van der Waals surface area contributed by atoms with Gasteiger partial charge in [0, 0.05) is 0 Å². The molecule has 1 amide bonds. The molecule has 33 heavy (non-hydrogen) atoms. The van der Waals surface area contributed by atoms with E-state index in [1.165, 1.54) is 17.3 Å². The van der Waals surface area contributed by atoms with Crippen molar-refractivity contribution in [2.75, 3.05) is 7.11 Å². The van der Waals surface area contributed by atoms with Crippen LogP contribution in [0.1, 0.15) is 16.7 Å². The molecule has 4 rings (SSSR count). The van der Waals surface area contributed by atoms with Crippen molar-refractivity contribution in [3.63, 3.8) is 0 Å². The van der Waals surface area contributed by atoms with Gasteiger partial charge in [-0.05, 0) is 60.2 Å². The van der Waals surface area contributed by atoms with Gasteiger partial charge in [0.15, 0.2) is 16.7 Å². The number of nitrogens with one attached hydrogen (secondary N) is 1. The van der Waals surface area contributed by atoms with Crippen LogP contribution in [0.25, 0.3) is 6.08 Å². The summed E-state index contributed by atoms with van der Waals surface area (Å²) >= 11 is 13.5. The molecule has 1 fully saturated rings. The van der Waals surface area contributed by atoms with E-state index in [0.29, 0.717) is 43.9 Å². The third-order valence-corrected chi connectivity index (χ3v) is 6.49. The van der Waals surface area contributed by atoms with E-state index in [0.717, 1.165) is 11.1 Å². The van der Waals surface area contributed by atoms with Gasteiger partial charge in [-0.3, -0.25) is 4.79 Å². The zero-order valence-corrected chi connectivity index (χ0v) is 20.2. The second kappa shape index (κ2) is 10.3. The maximum absolute atomic E-state index is 12.4. The molecule has 0 radical (unpaired) electrons. The summed E-state index contributed by atoms with van der Waals surface area (Å²) in [6.45, 7) is 2.48. The molecule has 168 valence electrons. The maximum Gasteiger partial charge on any atom is 0.264 e. The predicted octanol–water partition coefficient (Wildman–Crippen LogP) is 6.78. The first kappa shape index (κ1) is 23.2. The van der Waals surface area contributed by atoms with Crippen LogP contribution >= 0.6 is 35.0 Å². The number of methoxy groups -OCH3 is 1. The summed E-state index contributed by atoms with van der Waals surface area (Å²) in [6, 6.07) is 18.8. The van der Waals surface area contributed by atoms with Gasteiger partial charge in [0.1, 0.15) is 6.61 Å². The average Bonchev–Trinajstić information content (AvgIpc) is 3.14. The monoisotopic (exact) mass is 498 g/mol. The molecule has 0 atom stereocenters. The zero-order chi connectivity index (χ0) is 23.4. The summed E-state index contributed by atoms with van der Waals surface area (Å²) in [5, 5.41) is 3.92. The normalized spacial score (nSPS) is 15.7. The predicted molar refractivity (Wildman–Crippen MR) is 136 cm³/mol. The largest absolute Gasteiger partial charge is 0.493 e. The van der Waals surface area contributed by atoms with E-state index in [-0.39, 0.29) is 5.91 Å². The number of carbonyl (C=O) groups excluding carboxylic acids is 1. The minimum absolute atomic E-state index is 0.240. The van der Waals surface area contributed by atoms with Gasteiger partial charge in [0.2, 0.25) is 0 Å². The van der Waals surface area contributed by atoms with E-state index in [1.807, 2.05) is 43.3 Å². The second-order valence-electron chi connectivity index (χ2n) is 7.24. The minimum atomic E-state index is -0.240. The fourth-order valence-electron chi connectivity index (χ4n) is 3.18. The molecule has 1 heterocycles. The quantitative estimate of drug-likeness (QED) is 0.380. The van der Waals surface area contributed by atoms with Crippen molar-refractivity contribution >= 4 is 57.8 Å². The van der Waals surface area contributed by atoms with Crippen LogP contribution in [-0.2, 0) is 11.4 Å². The Morgan fingerprint density at radius 3 is 2.67 bits per heavy atom. The SMILES string of the molecule is COc1cc(/C=C2\SC(=Nc3cccc(Cl)c3Cl)NC2=O)ccc1OCc1cccc(C)c1. The number of rotatable bonds is 6. The van der Waals surface area contributed by atoms with Crippen LogP contribution in [0.15, 0.2) is 70.6 Å². The van der Waals surface area contributed by atoms with Crippen LogP contribution < -0.4 is 14.8 Å². The van der Waals surface area contributed by atoms with E-state index in [4.69, 9.17) is 32.7 Å². The number of hydrogen-bond acceptors (Lipinski definition) is 5. The van der Waals surface area contributed by atoms with Gasteiger partial charge in [0.25, 0.3) is 5.91 Å². The Balaban J connectivity index is 1.50. The molecule has 1 aliphatic rings. The van der Waals surface area contributed by atoms with Crippen molar-refractivity contribution in [3.8, 4) is 11.5 Å². The highest BCUT2D eigenvalue weighted by molar-refractivity contribution is 8.18. The van der Waals surface area contributed by atoms with Crippen LogP contribution in [0.3, 0.4) is 0 Å². The fourth-order valence-corrected chi connectivity index (χ4v) is 4.35. The lowest BCUT2D eigenvalue weighted by Gasteiger charge is -2.12. The second-order valence-corrected chi connectivity index (χ2v) is 9.06. The summed E-state index contributed by atoms with van der Waals surface area (Å²) in [4.78, 5) is 17.4. The van der Waals surface area contributed by atoms with Crippen molar-refractivity contribution < 1.29 is 14.3 Å². The third-order valence-electron chi connectivity index (χ3n) is 4.77. The first-order chi connectivity index (χ1) is 15.9. The Morgan fingerprint density at radius 1 is 1.06 bits per heavy atom. The molecule has 0 saturated carbocycles. The summed E-state index contributed by atoms with van der Waals surface area (Å²) < 4.78 is 11.4. The fraction of sp³-hybridized carbons (Fsp3) is 0.120. The number of benzene rings is 3. The number of carbonyl (C=O) groups is 1. The molecule has 1 aliphatic heterocycles. The molecule has 3 aromatic carbocycles. The lowest BCUT2D eigenvalue weighted by atomic mass is 10.1. The number of nitrogens with zero attached hydrogens (tertiary/aromatic N) is 1. The molecule has 0 aliphatic carbocycles. The van der Waals surface area contributed by atoms with Gasteiger partial charge in [-0.1, -0.05) is 65.2 Å². The van der Waals surface area contributed by atoms with Gasteiger partial charge >= 0.3 is 0 Å². The number of aryl methyl sites for hydroxylation is 1. The summed E-state index contributed by atoms with van der Waals surface area (Å²) in [6.07, 6.45) is 1.77. The zero-order valence-electron chi connectivity index (χ0n) is 17.9. The smallest absolute Gasteiger partial charge is 0.264 e. The van der Waals surface area contributed by atoms with Crippen molar-refractivity contribution in [2.45, 2.75) is 13.5 Å². The highest BCUT2D eigenvalue weighted by Crippen LogP contribution is 2.35. The van der Waals surface area contributed by atoms with Crippen LogP contribution in [0, 0.1) is 6.92 Å². The number of amides is 1. The Labute approximate surface area is 206 Å². The molecule has 1 N–H and O–H groups in total. The minimum Gasteiger partial charge on any atom is -0.493 e. The van der Waals surface area contributed by atoms with Gasteiger partial charge in [0.05, 0.1) is 27.7 Å². The Bertz CT molecular complexity index is 1270. The number of halogens is 2. The van der Waals surface area contributed by atoms with E-state index in [2.05, 4.69) is 16.4 Å². The van der Waals surface area contributed by atoms with E-state index in [9.17, 15) is 4.79 Å². The number of hydrogen-bond donors (Lipinski definition) is 1. The first-order valence-electron chi connectivity index (χ1n) is 10.0. The topological polar surface area (TPSA) is 59.9 Å². The lowest BCUT2D eigenvalue weighted by Crippen LogP contribution is -2.19. The van der Waals surface area contributed by atoms with Crippen LogP contribution in [0.4, 0.5) is 5.69 Å². The van der Waals surface area contributed by atoms with Crippen LogP contribution in [0.5, 0.6) is 11.5 Å². The van der Waals surface area contributed by atoms with E-state index < -0.39 is 0 Å². The number of thioether (sulfide) groups is 1. The van der Waals surface area contributed by atoms with Gasteiger partial charge in [-0.15, -0.1) is 0 Å². The highest BCUT2D eigenvalue weighted by atomic mass is 35.5. The van der Waals surface area contributed by atoms with E-state index >= 15 is 0 Å². The van der Waals surface area contributed by atoms with Gasteiger partial charge < -0.3 is 14.8 Å². The first-order valence-corrected chi connectivity index (χ1v) is 11.6. The number of amidine groups is 1. The molecular formula is C25H20Cl2N2O3S. The Morgan fingerprint density at radius 2 is 1.88 bits per heavy atom. The average molecular weight is 499 g/mol. The summed E-state index contributed by atoms with van der Waals surface area (Å²) in [7, 11) is 1.59. The Kier molecular flexibility index (Phi) is 7.28. The molecule has 8 heteroatoms. The van der Waals surface area contributed by atoms with Crippen molar-refractivity contribution in [1.29, 1.82) is 0 Å². The maximum atomic E-state index is 12.4. The highest BCUT2D eigenvalue weighted by Gasteiger charge is 2.24. The lowest BCUT2D eigenvalue weighted by molar-refractivity contribution is -0.115. The Hall–Kier alpha value is -2.93. The molecular weight excluding hydrogens is 479 g/mol. The molecule has 3 aromatic rings. The van der Waals surface area contributed by atoms with E-state index in [1.54, 1.807) is 31.4 Å². The van der Waals surface area contributed by atoms with Crippen molar-refractivity contribution in [3.05, 3.63) is 92.3 Å². The molecule has 5 nitrogen and oxygen atoms in total. The van der Waals surface area contributed by atoms with Gasteiger partial charge in [-0.2, -0.15) is 0 Å². The molecule has 0 spiro atoms. The van der Waals surface area contributed by atoms with Crippen LogP contribution in [-0.4, -0.2) is 18.2 Å². The molecule has 0 bridgehead atoms. The van der Waals surface area contributed by atoms with Gasteiger partial charge in [-0.25, -0.2) is 4.99 Å².